The fourth-order valence-corrected chi connectivity index (χ4v) is 3.09. The van der Waals surface area contributed by atoms with Crippen molar-refractivity contribution in [1.29, 1.82) is 0 Å². The Morgan fingerprint density at radius 2 is 1.78 bits per heavy atom. The van der Waals surface area contributed by atoms with E-state index in [1.54, 1.807) is 18.2 Å². The average molecular weight is 375 g/mol. The smallest absolute Gasteiger partial charge is 0.416 e. The summed E-state index contributed by atoms with van der Waals surface area (Å²) in [6.45, 7) is 0.433. The van der Waals surface area contributed by atoms with E-state index in [1.165, 1.54) is 19.2 Å². The van der Waals surface area contributed by atoms with E-state index in [9.17, 15) is 18.3 Å². The molecule has 0 saturated carbocycles. The van der Waals surface area contributed by atoms with Crippen LogP contribution < -0.4 is 4.74 Å². The summed E-state index contributed by atoms with van der Waals surface area (Å²) >= 11 is 0. The van der Waals surface area contributed by atoms with Crippen LogP contribution in [0.15, 0.2) is 48.5 Å². The van der Waals surface area contributed by atoms with Gasteiger partial charge in [0.1, 0.15) is 11.4 Å². The fourth-order valence-electron chi connectivity index (χ4n) is 3.09. The quantitative estimate of drug-likeness (QED) is 0.747. The summed E-state index contributed by atoms with van der Waals surface area (Å²) in [5.74, 6) is 0.554. The van der Waals surface area contributed by atoms with Crippen molar-refractivity contribution >= 4 is 10.9 Å². The van der Waals surface area contributed by atoms with Crippen molar-refractivity contribution in [3.05, 3.63) is 59.7 Å². The second kappa shape index (κ2) is 6.21. The Balaban J connectivity index is 1.81. The highest BCUT2D eigenvalue weighted by Crippen LogP contribution is 2.36. The lowest BCUT2D eigenvalue weighted by atomic mass is 9.91. The van der Waals surface area contributed by atoms with Crippen molar-refractivity contribution in [2.75, 3.05) is 20.3 Å². The lowest BCUT2D eigenvalue weighted by Gasteiger charge is -2.36. The Morgan fingerprint density at radius 1 is 1.07 bits per heavy atom. The first-order valence-electron chi connectivity index (χ1n) is 8.27. The van der Waals surface area contributed by atoms with E-state index < -0.39 is 17.3 Å². The molecule has 1 aliphatic heterocycles. The molecule has 27 heavy (non-hydrogen) atoms. The normalized spacial score (nSPS) is 16.2. The maximum Gasteiger partial charge on any atom is 0.416 e. The molecule has 1 N–H and O–H groups in total. The van der Waals surface area contributed by atoms with E-state index >= 15 is 0 Å². The largest absolute Gasteiger partial charge is 0.496 e. The fraction of sp³-hybridized carbons (Fsp3) is 0.250. The molecular weight excluding hydrogens is 359 g/mol. The number of pyridine rings is 1. The van der Waals surface area contributed by atoms with Crippen molar-refractivity contribution in [2.45, 2.75) is 11.8 Å². The van der Waals surface area contributed by atoms with Crippen molar-refractivity contribution in [3.8, 4) is 17.0 Å². The minimum atomic E-state index is -4.39. The van der Waals surface area contributed by atoms with Crippen LogP contribution in [0.5, 0.6) is 5.75 Å². The number of benzene rings is 2. The van der Waals surface area contributed by atoms with Crippen LogP contribution in [0.1, 0.15) is 11.1 Å². The molecule has 1 fully saturated rings. The van der Waals surface area contributed by atoms with Crippen LogP contribution in [0.25, 0.3) is 22.2 Å². The number of ether oxygens (including phenoxy) is 2. The highest BCUT2D eigenvalue weighted by atomic mass is 19.4. The van der Waals surface area contributed by atoms with Crippen LogP contribution in [-0.4, -0.2) is 30.4 Å². The Labute approximate surface area is 153 Å². The van der Waals surface area contributed by atoms with Gasteiger partial charge in [-0.3, -0.25) is 0 Å². The van der Waals surface area contributed by atoms with Gasteiger partial charge < -0.3 is 14.6 Å². The summed E-state index contributed by atoms with van der Waals surface area (Å²) in [6.07, 6.45) is -4.39. The van der Waals surface area contributed by atoms with Crippen LogP contribution in [0.2, 0.25) is 0 Å². The molecule has 3 aromatic rings. The first-order valence-corrected chi connectivity index (χ1v) is 8.27. The van der Waals surface area contributed by atoms with E-state index in [0.717, 1.165) is 17.5 Å². The number of aliphatic hydroxyl groups is 1. The summed E-state index contributed by atoms with van der Waals surface area (Å²) in [4.78, 5) is 4.57. The minimum absolute atomic E-state index is 0.217. The van der Waals surface area contributed by atoms with Gasteiger partial charge in [-0.25, -0.2) is 4.98 Å². The molecular formula is C20H16F3NO3. The third kappa shape index (κ3) is 3.13. The molecule has 0 aliphatic carbocycles. The number of aromatic nitrogens is 1. The summed E-state index contributed by atoms with van der Waals surface area (Å²) < 4.78 is 48.8. The highest BCUT2D eigenvalue weighted by Gasteiger charge is 2.38. The molecule has 2 aromatic carbocycles. The van der Waals surface area contributed by atoms with Gasteiger partial charge in [0.05, 0.1) is 37.1 Å². The molecule has 4 rings (SSSR count). The molecule has 0 unspecified atom stereocenters. The minimum Gasteiger partial charge on any atom is -0.496 e. The zero-order chi connectivity index (χ0) is 19.2. The first kappa shape index (κ1) is 17.8. The summed E-state index contributed by atoms with van der Waals surface area (Å²) in [5.41, 5.74) is 0.547. The number of nitrogens with zero attached hydrogens (tertiary/aromatic N) is 1. The number of alkyl halides is 3. The second-order valence-electron chi connectivity index (χ2n) is 6.54. The van der Waals surface area contributed by atoms with Crippen molar-refractivity contribution in [3.63, 3.8) is 0 Å². The third-order valence-corrected chi connectivity index (χ3v) is 4.72. The van der Waals surface area contributed by atoms with Gasteiger partial charge in [0.2, 0.25) is 0 Å². The molecule has 0 spiro atoms. The van der Waals surface area contributed by atoms with Crippen LogP contribution in [-0.2, 0) is 16.5 Å². The van der Waals surface area contributed by atoms with Crippen molar-refractivity contribution < 1.29 is 27.8 Å². The highest BCUT2D eigenvalue weighted by molar-refractivity contribution is 5.88. The predicted octanol–water partition coefficient (Wildman–Crippen LogP) is 4.15. The molecule has 1 aromatic heterocycles. The predicted molar refractivity (Wildman–Crippen MR) is 93.4 cm³/mol. The number of fused-ring (bicyclic) bond motifs is 1. The molecule has 4 nitrogen and oxygen atoms in total. The van der Waals surface area contributed by atoms with E-state index in [2.05, 4.69) is 4.98 Å². The number of methoxy groups -OCH3 is 1. The van der Waals surface area contributed by atoms with Gasteiger partial charge in [-0.2, -0.15) is 13.2 Å². The Kier molecular flexibility index (Phi) is 4.09. The molecule has 0 bridgehead atoms. The number of rotatable bonds is 3. The molecule has 1 saturated heterocycles. The molecule has 0 atom stereocenters. The van der Waals surface area contributed by atoms with Crippen LogP contribution in [0.4, 0.5) is 13.2 Å². The molecule has 1 aliphatic rings. The monoisotopic (exact) mass is 375 g/mol. The molecule has 2 heterocycles. The Bertz CT molecular complexity index is 996. The van der Waals surface area contributed by atoms with Gasteiger partial charge in [-0.15, -0.1) is 0 Å². The van der Waals surface area contributed by atoms with Gasteiger partial charge in [-0.05, 0) is 29.8 Å². The Morgan fingerprint density at radius 3 is 2.33 bits per heavy atom. The lowest BCUT2D eigenvalue weighted by Crippen LogP contribution is -2.46. The van der Waals surface area contributed by atoms with Gasteiger partial charge in [-0.1, -0.05) is 18.2 Å². The molecule has 140 valence electrons. The second-order valence-corrected chi connectivity index (χ2v) is 6.54. The van der Waals surface area contributed by atoms with E-state index in [1.807, 2.05) is 6.07 Å². The first-order chi connectivity index (χ1) is 12.8. The van der Waals surface area contributed by atoms with Crippen molar-refractivity contribution in [1.82, 2.24) is 4.98 Å². The standard InChI is InChI=1S/C20H16F3NO3/c1-26-18-9-16(12-2-4-13(5-3-12)20(21,22)23)24-17-8-14(6-7-15(17)18)19(25)10-27-11-19/h2-9,25H,10-11H2,1H3. The van der Waals surface area contributed by atoms with Gasteiger partial charge in [0, 0.05) is 17.0 Å². The van der Waals surface area contributed by atoms with Gasteiger partial charge in [0.15, 0.2) is 0 Å². The number of halogens is 3. The summed E-state index contributed by atoms with van der Waals surface area (Å²) in [7, 11) is 1.52. The maximum atomic E-state index is 12.8. The SMILES string of the molecule is COc1cc(-c2ccc(C(F)(F)F)cc2)nc2cc(C3(O)COC3)ccc12. The lowest BCUT2D eigenvalue weighted by molar-refractivity contribution is -0.184. The molecule has 7 heteroatoms. The molecule has 0 amide bonds. The molecule has 0 radical (unpaired) electrons. The summed E-state index contributed by atoms with van der Waals surface area (Å²) in [6, 6.07) is 11.9. The topological polar surface area (TPSA) is 51.6 Å². The van der Waals surface area contributed by atoms with Crippen molar-refractivity contribution in [2.24, 2.45) is 0 Å². The van der Waals surface area contributed by atoms with Gasteiger partial charge in [0.25, 0.3) is 0 Å². The van der Waals surface area contributed by atoms with Gasteiger partial charge >= 0.3 is 6.18 Å². The van der Waals surface area contributed by atoms with E-state index in [0.29, 0.717) is 28.1 Å². The maximum absolute atomic E-state index is 12.8. The summed E-state index contributed by atoms with van der Waals surface area (Å²) in [5, 5.41) is 11.2. The zero-order valence-corrected chi connectivity index (χ0v) is 14.4. The third-order valence-electron chi connectivity index (χ3n) is 4.72. The Hall–Kier alpha value is -2.64. The number of hydrogen-bond acceptors (Lipinski definition) is 4. The zero-order valence-electron chi connectivity index (χ0n) is 14.4. The van der Waals surface area contributed by atoms with E-state index in [-0.39, 0.29) is 13.2 Å². The average Bonchev–Trinajstić information content (AvgIpc) is 2.64. The van der Waals surface area contributed by atoms with Crippen LogP contribution in [0, 0.1) is 0 Å². The van der Waals surface area contributed by atoms with Crippen LogP contribution >= 0.6 is 0 Å². The van der Waals surface area contributed by atoms with Crippen LogP contribution in [0.3, 0.4) is 0 Å². The van der Waals surface area contributed by atoms with E-state index in [4.69, 9.17) is 9.47 Å². The number of hydrogen-bond donors (Lipinski definition) is 1.